The van der Waals surface area contributed by atoms with E-state index in [-0.39, 0.29) is 0 Å². The predicted octanol–water partition coefficient (Wildman–Crippen LogP) is 2.89. The van der Waals surface area contributed by atoms with Crippen LogP contribution in [0.5, 0.6) is 0 Å². The number of anilines is 1. The topological polar surface area (TPSA) is 42.1 Å². The smallest absolute Gasteiger partial charge is 0.123 e. The molecule has 94 valence electrons. The Balaban J connectivity index is 1.68. The van der Waals surface area contributed by atoms with Crippen LogP contribution in [0.1, 0.15) is 24.0 Å². The molecule has 2 heterocycles. The maximum absolute atomic E-state index is 5.62. The summed E-state index contributed by atoms with van der Waals surface area (Å²) < 4.78 is 0. The Morgan fingerprint density at radius 3 is 2.67 bits per heavy atom. The second-order valence-electron chi connectivity index (χ2n) is 4.86. The summed E-state index contributed by atoms with van der Waals surface area (Å²) in [4.78, 5) is 6.70. The molecule has 2 aromatic rings. The predicted molar refractivity (Wildman–Crippen MR) is 75.2 cm³/mol. The first kappa shape index (κ1) is 11.7. The minimum absolute atomic E-state index is 0.592. The average molecular weight is 259 g/mol. The summed E-state index contributed by atoms with van der Waals surface area (Å²) >= 11 is 1.77. The summed E-state index contributed by atoms with van der Waals surface area (Å²) in [7, 11) is 0. The van der Waals surface area contributed by atoms with Crippen LogP contribution >= 0.6 is 11.3 Å². The molecule has 0 bridgehead atoms. The number of aromatic nitrogens is 1. The second kappa shape index (κ2) is 5.08. The molecule has 0 amide bonds. The highest BCUT2D eigenvalue weighted by Gasteiger charge is 2.28. The van der Waals surface area contributed by atoms with E-state index in [0.717, 1.165) is 19.1 Å². The molecule has 1 fully saturated rings. The van der Waals surface area contributed by atoms with Crippen LogP contribution in [0.3, 0.4) is 0 Å². The number of nitrogen functional groups attached to an aromatic ring is 1. The zero-order valence-corrected chi connectivity index (χ0v) is 11.1. The molecule has 0 atom stereocenters. The van der Waals surface area contributed by atoms with E-state index in [1.807, 2.05) is 12.3 Å². The lowest BCUT2D eigenvalue weighted by Crippen LogP contribution is -2.24. The Hall–Kier alpha value is -1.39. The van der Waals surface area contributed by atoms with Crippen LogP contribution in [0, 0.1) is 0 Å². The van der Waals surface area contributed by atoms with Gasteiger partial charge in [0.1, 0.15) is 5.82 Å². The van der Waals surface area contributed by atoms with Crippen molar-refractivity contribution in [3.8, 4) is 0 Å². The summed E-state index contributed by atoms with van der Waals surface area (Å²) in [6, 6.07) is 6.92. The van der Waals surface area contributed by atoms with Gasteiger partial charge in [0.15, 0.2) is 0 Å². The Bertz CT molecular complexity index is 488. The van der Waals surface area contributed by atoms with E-state index in [0.29, 0.717) is 5.82 Å². The monoisotopic (exact) mass is 259 g/mol. The summed E-state index contributed by atoms with van der Waals surface area (Å²) in [6.07, 6.45) is 4.54. The van der Waals surface area contributed by atoms with E-state index in [1.54, 1.807) is 11.3 Å². The van der Waals surface area contributed by atoms with Crippen molar-refractivity contribution < 1.29 is 0 Å². The zero-order chi connectivity index (χ0) is 12.4. The fraction of sp³-hybridized carbons (Fsp3) is 0.357. The first-order valence-electron chi connectivity index (χ1n) is 6.27. The van der Waals surface area contributed by atoms with Crippen LogP contribution in [0.4, 0.5) is 5.82 Å². The largest absolute Gasteiger partial charge is 0.384 e. The lowest BCUT2D eigenvalue weighted by Gasteiger charge is -2.21. The molecule has 0 aromatic carbocycles. The van der Waals surface area contributed by atoms with Crippen LogP contribution < -0.4 is 5.73 Å². The molecule has 3 nitrogen and oxygen atoms in total. The molecule has 1 saturated carbocycles. The van der Waals surface area contributed by atoms with Gasteiger partial charge in [-0.1, -0.05) is 6.07 Å². The Morgan fingerprint density at radius 2 is 2.06 bits per heavy atom. The Kier molecular flexibility index (Phi) is 3.30. The third kappa shape index (κ3) is 2.89. The van der Waals surface area contributed by atoms with E-state index in [9.17, 15) is 0 Å². The average Bonchev–Trinajstić information content (AvgIpc) is 3.10. The fourth-order valence-corrected chi connectivity index (χ4v) is 2.79. The number of nitrogens with two attached hydrogens (primary N) is 1. The van der Waals surface area contributed by atoms with Gasteiger partial charge in [0.2, 0.25) is 0 Å². The van der Waals surface area contributed by atoms with Gasteiger partial charge in [0.05, 0.1) is 0 Å². The molecule has 3 rings (SSSR count). The first-order chi connectivity index (χ1) is 8.81. The van der Waals surface area contributed by atoms with Gasteiger partial charge in [0, 0.05) is 25.3 Å². The summed E-state index contributed by atoms with van der Waals surface area (Å²) in [5.74, 6) is 0.592. The molecular weight excluding hydrogens is 242 g/mol. The fourth-order valence-electron chi connectivity index (χ4n) is 2.13. The molecule has 4 heteroatoms. The molecule has 1 aliphatic rings. The number of rotatable bonds is 5. The number of pyridine rings is 1. The van der Waals surface area contributed by atoms with Crippen molar-refractivity contribution in [3.63, 3.8) is 0 Å². The molecule has 1 aliphatic carbocycles. The maximum Gasteiger partial charge on any atom is 0.123 e. The van der Waals surface area contributed by atoms with Gasteiger partial charge in [-0.15, -0.1) is 0 Å². The molecule has 0 radical (unpaired) electrons. The van der Waals surface area contributed by atoms with Gasteiger partial charge in [-0.3, -0.25) is 4.90 Å². The maximum atomic E-state index is 5.62. The third-order valence-electron chi connectivity index (χ3n) is 3.26. The van der Waals surface area contributed by atoms with E-state index in [2.05, 4.69) is 32.8 Å². The lowest BCUT2D eigenvalue weighted by atomic mass is 10.2. The van der Waals surface area contributed by atoms with Crippen molar-refractivity contribution in [1.29, 1.82) is 0 Å². The van der Waals surface area contributed by atoms with Crippen LogP contribution in [0.25, 0.3) is 0 Å². The molecule has 0 spiro atoms. The van der Waals surface area contributed by atoms with Crippen LogP contribution in [-0.2, 0) is 13.1 Å². The highest BCUT2D eigenvalue weighted by molar-refractivity contribution is 7.07. The van der Waals surface area contributed by atoms with Crippen LogP contribution in [0.2, 0.25) is 0 Å². The van der Waals surface area contributed by atoms with Crippen LogP contribution in [-0.4, -0.2) is 15.9 Å². The van der Waals surface area contributed by atoms with E-state index >= 15 is 0 Å². The normalized spacial score (nSPS) is 15.2. The van der Waals surface area contributed by atoms with Gasteiger partial charge in [-0.25, -0.2) is 4.98 Å². The number of nitrogens with zero attached hydrogens (tertiary/aromatic N) is 2. The van der Waals surface area contributed by atoms with Crippen molar-refractivity contribution in [2.75, 3.05) is 5.73 Å². The van der Waals surface area contributed by atoms with Gasteiger partial charge in [-0.2, -0.15) is 11.3 Å². The zero-order valence-electron chi connectivity index (χ0n) is 10.2. The standard InChI is InChI=1S/C14H17N3S/c15-14-4-1-11(7-16-14)8-17(13-2-3-13)9-12-5-6-18-10-12/h1,4-7,10,13H,2-3,8-9H2,(H2,15,16). The minimum Gasteiger partial charge on any atom is -0.384 e. The number of thiophene rings is 1. The molecule has 0 saturated heterocycles. The highest BCUT2D eigenvalue weighted by Crippen LogP contribution is 2.30. The molecule has 18 heavy (non-hydrogen) atoms. The van der Waals surface area contributed by atoms with E-state index in [4.69, 9.17) is 5.73 Å². The number of hydrogen-bond donors (Lipinski definition) is 1. The Labute approximate surface area is 111 Å². The number of hydrogen-bond acceptors (Lipinski definition) is 4. The SMILES string of the molecule is Nc1ccc(CN(Cc2ccsc2)C2CC2)cn1. The van der Waals surface area contributed by atoms with Crippen molar-refractivity contribution in [3.05, 3.63) is 46.3 Å². The summed E-state index contributed by atoms with van der Waals surface area (Å²) in [6.45, 7) is 2.01. The van der Waals surface area contributed by atoms with E-state index in [1.165, 1.54) is 24.0 Å². The molecular formula is C14H17N3S. The van der Waals surface area contributed by atoms with Crippen molar-refractivity contribution >= 4 is 17.2 Å². The van der Waals surface area contributed by atoms with Gasteiger partial charge in [-0.05, 0) is 46.9 Å². The van der Waals surface area contributed by atoms with Gasteiger partial charge >= 0.3 is 0 Å². The quantitative estimate of drug-likeness (QED) is 0.897. The van der Waals surface area contributed by atoms with Gasteiger partial charge < -0.3 is 5.73 Å². The van der Waals surface area contributed by atoms with Crippen molar-refractivity contribution in [1.82, 2.24) is 9.88 Å². The van der Waals surface area contributed by atoms with Crippen molar-refractivity contribution in [2.45, 2.75) is 32.0 Å². The summed E-state index contributed by atoms with van der Waals surface area (Å²) in [5, 5.41) is 4.38. The van der Waals surface area contributed by atoms with Crippen LogP contribution in [0.15, 0.2) is 35.2 Å². The highest BCUT2D eigenvalue weighted by atomic mass is 32.1. The molecule has 2 aromatic heterocycles. The minimum atomic E-state index is 0.592. The molecule has 0 unspecified atom stereocenters. The Morgan fingerprint density at radius 1 is 1.22 bits per heavy atom. The third-order valence-corrected chi connectivity index (χ3v) is 3.99. The first-order valence-corrected chi connectivity index (χ1v) is 7.21. The molecule has 0 aliphatic heterocycles. The summed E-state index contributed by atoms with van der Waals surface area (Å²) in [5.41, 5.74) is 8.27. The van der Waals surface area contributed by atoms with Gasteiger partial charge in [0.25, 0.3) is 0 Å². The second-order valence-corrected chi connectivity index (χ2v) is 5.64. The van der Waals surface area contributed by atoms with E-state index < -0.39 is 0 Å². The van der Waals surface area contributed by atoms with Crippen molar-refractivity contribution in [2.24, 2.45) is 0 Å². The lowest BCUT2D eigenvalue weighted by molar-refractivity contribution is 0.246. The molecule has 2 N–H and O–H groups in total.